The first-order valence-electron chi connectivity index (χ1n) is 4.97. The molecule has 0 atom stereocenters. The lowest BCUT2D eigenvalue weighted by Gasteiger charge is -2.02. The molecule has 0 fully saturated rings. The Balaban J connectivity index is 2.36. The van der Waals surface area contributed by atoms with E-state index in [1.165, 1.54) is 16.0 Å². The summed E-state index contributed by atoms with van der Waals surface area (Å²) in [5, 5.41) is 4.12. The van der Waals surface area contributed by atoms with Crippen molar-refractivity contribution in [3.05, 3.63) is 54.4 Å². The van der Waals surface area contributed by atoms with E-state index in [0.29, 0.717) is 8.62 Å². The minimum Gasteiger partial charge on any atom is -0.523 e. The Hall–Kier alpha value is -1.33. The largest absolute Gasteiger partial charge is 0.523 e. The maximum Gasteiger partial charge on any atom is 0.243 e. The smallest absolute Gasteiger partial charge is 0.243 e. The molecule has 1 aromatic heterocycles. The molecule has 0 saturated carbocycles. The van der Waals surface area contributed by atoms with Crippen molar-refractivity contribution in [2.75, 3.05) is 0 Å². The molecule has 0 saturated heterocycles. The molecule has 0 aliphatic carbocycles. The molecule has 3 heteroatoms. The quantitative estimate of drug-likeness (QED) is 0.581. The van der Waals surface area contributed by atoms with Gasteiger partial charge in [-0.2, -0.15) is 0 Å². The van der Waals surface area contributed by atoms with Gasteiger partial charge >= 0.3 is 0 Å². The third kappa shape index (κ3) is 1.53. The molecule has 0 unspecified atom stereocenters. The third-order valence-corrected chi connectivity index (χ3v) is 7.41. The van der Waals surface area contributed by atoms with Gasteiger partial charge in [-0.25, -0.2) is 0 Å². The van der Waals surface area contributed by atoms with Gasteiger partial charge in [-0.15, -0.1) is 0 Å². The molecule has 0 N–H and O–H groups in total. The van der Waals surface area contributed by atoms with Crippen molar-refractivity contribution in [3.63, 3.8) is 0 Å². The number of hydrogen-bond acceptors (Lipinski definition) is 1. The lowest BCUT2D eigenvalue weighted by molar-refractivity contribution is 0.665. The van der Waals surface area contributed by atoms with Gasteiger partial charge in [-0.1, -0.05) is 42.5 Å². The van der Waals surface area contributed by atoms with Crippen LogP contribution in [0.4, 0.5) is 0 Å². The Labute approximate surface area is 91.6 Å². The van der Waals surface area contributed by atoms with Crippen molar-refractivity contribution in [3.8, 4) is 5.19 Å². The maximum atomic E-state index is 5.71. The van der Waals surface area contributed by atoms with E-state index < -0.39 is 8.15 Å². The van der Waals surface area contributed by atoms with Crippen LogP contribution in [0.15, 0.2) is 58.5 Å². The van der Waals surface area contributed by atoms with E-state index in [2.05, 4.69) is 48.1 Å². The van der Waals surface area contributed by atoms with Crippen LogP contribution >= 0.6 is 0 Å². The molecule has 1 heterocycles. The molecular weight excluding hydrogens is 216 g/mol. The molecule has 2 aromatic carbocycles. The van der Waals surface area contributed by atoms with Crippen LogP contribution in [0.3, 0.4) is 0 Å². The average molecular weight is 226 g/mol. The summed E-state index contributed by atoms with van der Waals surface area (Å²) in [5.74, 6) is 0. The van der Waals surface area contributed by atoms with Crippen molar-refractivity contribution in [1.82, 2.24) is 0 Å². The van der Waals surface area contributed by atoms with Gasteiger partial charge in [0.05, 0.1) is 14.9 Å². The average Bonchev–Trinajstić information content (AvgIpc) is 2.82. The second-order valence-corrected chi connectivity index (χ2v) is 8.30. The van der Waals surface area contributed by atoms with Crippen molar-refractivity contribution >= 4 is 27.5 Å². The number of fused-ring (bicyclic) bond motifs is 1. The minimum absolute atomic E-state index is 0.355. The van der Waals surface area contributed by atoms with E-state index in [-0.39, 0.29) is 0 Å². The Morgan fingerprint density at radius 2 is 1.87 bits per heavy atom. The van der Waals surface area contributed by atoms with Gasteiger partial charge in [0.15, 0.2) is 0 Å². The molecule has 3 rings (SSSR count). The summed E-state index contributed by atoms with van der Waals surface area (Å²) >= 11 is 0. The predicted molar refractivity (Wildman–Crippen MR) is 66.2 cm³/mol. The molecule has 72 valence electrons. The summed E-state index contributed by atoms with van der Waals surface area (Å²) in [6.07, 6.45) is 1.88. The van der Waals surface area contributed by atoms with E-state index in [4.69, 9.17) is 4.10 Å². The van der Waals surface area contributed by atoms with E-state index >= 15 is 0 Å². The summed E-state index contributed by atoms with van der Waals surface area (Å²) in [5.41, 5.74) is 2.20. The normalized spacial score (nSPS) is 10.7. The number of hydrogen-bond donors (Lipinski definition) is 0. The van der Waals surface area contributed by atoms with Gasteiger partial charge in [0.1, 0.15) is 0 Å². The second kappa shape index (κ2) is 3.68. The van der Waals surface area contributed by atoms with Crippen LogP contribution in [-0.2, 0) is 0 Å². The fraction of sp³-hybridized carbons (Fsp3) is 0. The summed E-state index contributed by atoms with van der Waals surface area (Å²) in [7, 11) is -0.388. The highest BCUT2D eigenvalue weighted by Gasteiger charge is 2.05. The summed E-state index contributed by atoms with van der Waals surface area (Å²) in [6, 6.07) is 15.1. The summed E-state index contributed by atoms with van der Waals surface area (Å²) < 4.78 is 5.71. The van der Waals surface area contributed by atoms with Crippen molar-refractivity contribution in [2.24, 2.45) is 0 Å². The van der Waals surface area contributed by atoms with E-state index in [1.54, 1.807) is 0 Å². The van der Waals surface area contributed by atoms with Crippen molar-refractivity contribution in [2.45, 2.75) is 0 Å². The molecule has 0 radical (unpaired) electrons. The van der Waals surface area contributed by atoms with Crippen molar-refractivity contribution in [1.29, 1.82) is 0 Å². The van der Waals surface area contributed by atoms with Crippen LogP contribution in [0.1, 0.15) is 0 Å². The van der Waals surface area contributed by atoms with E-state index in [1.807, 2.05) is 6.26 Å². The highest BCUT2D eigenvalue weighted by Crippen LogP contribution is 2.20. The van der Waals surface area contributed by atoms with E-state index in [0.717, 1.165) is 0 Å². The van der Waals surface area contributed by atoms with Gasteiger partial charge in [0.25, 0.3) is 0 Å². The van der Waals surface area contributed by atoms with Crippen LogP contribution in [0.2, 0.25) is 0 Å². The van der Waals surface area contributed by atoms with E-state index in [9.17, 15) is 0 Å². The van der Waals surface area contributed by atoms with Crippen LogP contribution < -0.4 is 0 Å². The fourth-order valence-electron chi connectivity index (χ4n) is 1.87. The van der Waals surface area contributed by atoms with Gasteiger partial charge in [-0.05, 0) is 21.6 Å². The Kier molecular flexibility index (Phi) is 2.19. The van der Waals surface area contributed by atoms with Crippen LogP contribution in [0.5, 0.6) is 0 Å². The van der Waals surface area contributed by atoms with Gasteiger partial charge < -0.3 is 4.10 Å². The minimum atomic E-state index is -0.743. The Bertz CT molecular complexity index is 582. The summed E-state index contributed by atoms with van der Waals surface area (Å²) in [6.45, 7) is 0. The standard InChI is InChI=1S/C12H10OSi2/c1-2-6-11-10(4-1)5-3-7-12(11)15-13-8-9-14-15/h1-9,14H. The van der Waals surface area contributed by atoms with Gasteiger partial charge in [0.2, 0.25) is 8.15 Å². The molecule has 0 spiro atoms. The first-order chi connectivity index (χ1) is 7.45. The first kappa shape index (κ1) is 8.94. The van der Waals surface area contributed by atoms with Crippen molar-refractivity contribution < 1.29 is 4.10 Å². The van der Waals surface area contributed by atoms with Crippen LogP contribution in [0.25, 0.3) is 16.0 Å². The molecule has 0 aliphatic heterocycles. The van der Waals surface area contributed by atoms with Crippen LogP contribution in [-0.4, -0.2) is 16.8 Å². The predicted octanol–water partition coefficient (Wildman–Crippen LogP) is 2.52. The molecule has 15 heavy (non-hydrogen) atoms. The summed E-state index contributed by atoms with van der Waals surface area (Å²) in [4.78, 5) is 0. The first-order valence-corrected chi connectivity index (χ1v) is 8.85. The number of rotatable bonds is 1. The monoisotopic (exact) mass is 226 g/mol. The lowest BCUT2D eigenvalue weighted by Crippen LogP contribution is -1.97. The molecule has 3 aromatic rings. The maximum absolute atomic E-state index is 5.71. The molecule has 0 amide bonds. The van der Waals surface area contributed by atoms with Gasteiger partial charge in [0, 0.05) is 0 Å². The zero-order chi connectivity index (χ0) is 10.1. The highest BCUT2D eigenvalue weighted by atomic mass is 29.0. The second-order valence-electron chi connectivity index (χ2n) is 3.50. The SMILES string of the molecule is c1ccc2c(-[si]3occ[siH]3)cccc2c1. The molecular formula is C12H10OSi2. The molecule has 1 nitrogen and oxygen atoms in total. The lowest BCUT2D eigenvalue weighted by atomic mass is 10.1. The zero-order valence-corrected chi connectivity index (χ0v) is 10.3. The highest BCUT2D eigenvalue weighted by molar-refractivity contribution is 6.95. The Morgan fingerprint density at radius 1 is 1.00 bits per heavy atom. The molecule has 0 bridgehead atoms. The third-order valence-electron chi connectivity index (χ3n) is 2.58. The Morgan fingerprint density at radius 3 is 2.73 bits per heavy atom. The topological polar surface area (TPSA) is 13.1 Å². The fourth-order valence-corrected chi connectivity index (χ4v) is 6.25. The zero-order valence-electron chi connectivity index (χ0n) is 8.18. The van der Waals surface area contributed by atoms with Crippen LogP contribution in [0, 0.1) is 0 Å². The molecule has 0 aliphatic rings. The van der Waals surface area contributed by atoms with Gasteiger partial charge in [-0.3, -0.25) is 0 Å². The number of benzene rings is 2.